The molecule has 2 fully saturated rings. The predicted molar refractivity (Wildman–Crippen MR) is 79.1 cm³/mol. The van der Waals surface area contributed by atoms with Crippen LogP contribution in [0.25, 0.3) is 0 Å². The predicted octanol–water partition coefficient (Wildman–Crippen LogP) is 2.34. The van der Waals surface area contributed by atoms with Crippen molar-refractivity contribution in [3.05, 3.63) is 24.0 Å². The van der Waals surface area contributed by atoms with Crippen molar-refractivity contribution in [2.24, 2.45) is 16.8 Å². The summed E-state index contributed by atoms with van der Waals surface area (Å²) in [5, 5.41) is 11.6. The quantitative estimate of drug-likeness (QED) is 0.384. The second-order valence-corrected chi connectivity index (χ2v) is 5.83. The molecule has 1 unspecified atom stereocenters. The fourth-order valence-electron chi connectivity index (χ4n) is 3.70. The highest BCUT2D eigenvalue weighted by atomic mass is 16.4. The fourth-order valence-corrected chi connectivity index (χ4v) is 3.70. The van der Waals surface area contributed by atoms with Gasteiger partial charge in [-0.2, -0.15) is 0 Å². The van der Waals surface area contributed by atoms with Crippen LogP contribution in [-0.4, -0.2) is 28.6 Å². The molecule has 0 spiro atoms. The van der Waals surface area contributed by atoms with E-state index in [1.165, 1.54) is 38.5 Å². The third kappa shape index (κ3) is 2.44. The molecule has 3 N–H and O–H groups in total. The Morgan fingerprint density at radius 1 is 1.25 bits per heavy atom. The van der Waals surface area contributed by atoms with Gasteiger partial charge in [0.2, 0.25) is 0 Å². The standard InChI is InChI=1S/C15H22N4O/c16-15(18-20)13-8-7-12(10-17-13)19-9-3-6-14(19)11-4-1-2-5-11/h7-8,10-11,14,20H,1-6,9H2,(H2,16,18). The van der Waals surface area contributed by atoms with Crippen LogP contribution in [0.4, 0.5) is 5.69 Å². The maximum Gasteiger partial charge on any atom is 0.188 e. The van der Waals surface area contributed by atoms with Crippen LogP contribution in [0.1, 0.15) is 44.2 Å². The largest absolute Gasteiger partial charge is 0.409 e. The minimum atomic E-state index is 0.0605. The Bertz CT molecular complexity index is 479. The number of hydrogen-bond acceptors (Lipinski definition) is 4. The van der Waals surface area contributed by atoms with Gasteiger partial charge in [-0.1, -0.05) is 18.0 Å². The van der Waals surface area contributed by atoms with Gasteiger partial charge in [0, 0.05) is 12.6 Å². The van der Waals surface area contributed by atoms with Crippen LogP contribution in [0.2, 0.25) is 0 Å². The first kappa shape index (κ1) is 13.2. The van der Waals surface area contributed by atoms with E-state index in [0.29, 0.717) is 11.7 Å². The smallest absolute Gasteiger partial charge is 0.188 e. The maximum absolute atomic E-state index is 8.67. The lowest BCUT2D eigenvalue weighted by molar-refractivity contribution is 0.318. The first-order chi connectivity index (χ1) is 9.79. The number of aromatic nitrogens is 1. The van der Waals surface area contributed by atoms with Crippen molar-refractivity contribution in [1.82, 2.24) is 4.98 Å². The summed E-state index contributed by atoms with van der Waals surface area (Å²) < 4.78 is 0. The molecule has 5 heteroatoms. The first-order valence-electron chi connectivity index (χ1n) is 7.50. The molecule has 1 atom stereocenters. The Labute approximate surface area is 119 Å². The van der Waals surface area contributed by atoms with Crippen LogP contribution < -0.4 is 10.6 Å². The van der Waals surface area contributed by atoms with E-state index in [4.69, 9.17) is 10.9 Å². The SMILES string of the molecule is N/C(=N/O)c1ccc(N2CCCC2C2CCCC2)cn1. The Balaban J connectivity index is 1.77. The van der Waals surface area contributed by atoms with Crippen molar-refractivity contribution in [3.63, 3.8) is 0 Å². The molecular weight excluding hydrogens is 252 g/mol. The van der Waals surface area contributed by atoms with E-state index in [9.17, 15) is 0 Å². The highest BCUT2D eigenvalue weighted by Crippen LogP contribution is 2.37. The summed E-state index contributed by atoms with van der Waals surface area (Å²) in [6, 6.07) is 4.54. The van der Waals surface area contributed by atoms with Gasteiger partial charge in [0.1, 0.15) is 5.69 Å². The van der Waals surface area contributed by atoms with Gasteiger partial charge in [0.15, 0.2) is 5.84 Å². The highest BCUT2D eigenvalue weighted by molar-refractivity contribution is 5.95. The molecule has 1 saturated heterocycles. The lowest BCUT2D eigenvalue weighted by Gasteiger charge is -2.31. The van der Waals surface area contributed by atoms with E-state index in [0.717, 1.165) is 18.2 Å². The average molecular weight is 274 g/mol. The summed E-state index contributed by atoms with van der Waals surface area (Å²) in [6.45, 7) is 1.12. The van der Waals surface area contributed by atoms with Crippen LogP contribution in [0.5, 0.6) is 0 Å². The fraction of sp³-hybridized carbons (Fsp3) is 0.600. The van der Waals surface area contributed by atoms with Crippen molar-refractivity contribution >= 4 is 11.5 Å². The van der Waals surface area contributed by atoms with Gasteiger partial charge in [0.25, 0.3) is 0 Å². The van der Waals surface area contributed by atoms with Crippen LogP contribution in [0.15, 0.2) is 23.5 Å². The molecule has 2 aliphatic rings. The van der Waals surface area contributed by atoms with E-state index >= 15 is 0 Å². The van der Waals surface area contributed by atoms with Gasteiger partial charge in [-0.05, 0) is 43.7 Å². The molecule has 108 valence electrons. The summed E-state index contributed by atoms with van der Waals surface area (Å²) in [7, 11) is 0. The second kappa shape index (κ2) is 5.69. The topological polar surface area (TPSA) is 74.7 Å². The van der Waals surface area contributed by atoms with Gasteiger partial charge in [-0.15, -0.1) is 0 Å². The Hall–Kier alpha value is -1.78. The molecule has 0 amide bonds. The van der Waals surface area contributed by atoms with Crippen LogP contribution >= 0.6 is 0 Å². The van der Waals surface area contributed by atoms with E-state index in [-0.39, 0.29) is 5.84 Å². The number of nitrogens with zero attached hydrogens (tertiary/aromatic N) is 3. The normalized spacial score (nSPS) is 24.5. The van der Waals surface area contributed by atoms with Gasteiger partial charge in [-0.3, -0.25) is 4.98 Å². The zero-order valence-electron chi connectivity index (χ0n) is 11.7. The first-order valence-corrected chi connectivity index (χ1v) is 7.50. The lowest BCUT2D eigenvalue weighted by atomic mass is 9.96. The van der Waals surface area contributed by atoms with Crippen molar-refractivity contribution < 1.29 is 5.21 Å². The third-order valence-corrected chi connectivity index (χ3v) is 4.69. The lowest BCUT2D eigenvalue weighted by Crippen LogP contribution is -2.34. The minimum Gasteiger partial charge on any atom is -0.409 e. The number of amidine groups is 1. The second-order valence-electron chi connectivity index (χ2n) is 5.83. The zero-order chi connectivity index (χ0) is 13.9. The molecule has 2 heterocycles. The van der Waals surface area contributed by atoms with E-state index in [1.807, 2.05) is 18.3 Å². The molecule has 1 aliphatic carbocycles. The molecule has 1 aromatic rings. The summed E-state index contributed by atoms with van der Waals surface area (Å²) in [6.07, 6.45) is 9.93. The molecule has 20 heavy (non-hydrogen) atoms. The Morgan fingerprint density at radius 3 is 2.70 bits per heavy atom. The zero-order valence-corrected chi connectivity index (χ0v) is 11.7. The highest BCUT2D eigenvalue weighted by Gasteiger charge is 2.33. The number of rotatable bonds is 3. The summed E-state index contributed by atoms with van der Waals surface area (Å²) in [5.41, 5.74) is 7.23. The number of hydrogen-bond donors (Lipinski definition) is 2. The number of nitrogens with two attached hydrogens (primary N) is 1. The van der Waals surface area contributed by atoms with Crippen LogP contribution in [0.3, 0.4) is 0 Å². The molecular formula is C15H22N4O. The van der Waals surface area contributed by atoms with Crippen LogP contribution in [-0.2, 0) is 0 Å². The van der Waals surface area contributed by atoms with Crippen molar-refractivity contribution in [2.45, 2.75) is 44.6 Å². The molecule has 0 radical (unpaired) electrons. The summed E-state index contributed by atoms with van der Waals surface area (Å²) >= 11 is 0. The van der Waals surface area contributed by atoms with Crippen molar-refractivity contribution in [1.29, 1.82) is 0 Å². The molecule has 3 rings (SSSR count). The number of anilines is 1. The molecule has 1 aliphatic heterocycles. The van der Waals surface area contributed by atoms with E-state index in [2.05, 4.69) is 15.0 Å². The maximum atomic E-state index is 8.67. The third-order valence-electron chi connectivity index (χ3n) is 4.69. The molecule has 0 aromatic carbocycles. The summed E-state index contributed by atoms with van der Waals surface area (Å²) in [4.78, 5) is 6.80. The Morgan fingerprint density at radius 2 is 2.05 bits per heavy atom. The molecule has 0 bridgehead atoms. The van der Waals surface area contributed by atoms with Crippen molar-refractivity contribution in [2.75, 3.05) is 11.4 Å². The van der Waals surface area contributed by atoms with Gasteiger partial charge in [-0.25, -0.2) is 0 Å². The van der Waals surface area contributed by atoms with Gasteiger partial charge >= 0.3 is 0 Å². The van der Waals surface area contributed by atoms with E-state index < -0.39 is 0 Å². The number of pyridine rings is 1. The average Bonchev–Trinajstić information content (AvgIpc) is 3.16. The van der Waals surface area contributed by atoms with Crippen molar-refractivity contribution in [3.8, 4) is 0 Å². The van der Waals surface area contributed by atoms with Crippen LogP contribution in [0, 0.1) is 5.92 Å². The Kier molecular flexibility index (Phi) is 3.76. The van der Waals surface area contributed by atoms with Gasteiger partial charge < -0.3 is 15.8 Å². The molecule has 1 saturated carbocycles. The molecule has 1 aromatic heterocycles. The monoisotopic (exact) mass is 274 g/mol. The minimum absolute atomic E-state index is 0.0605. The van der Waals surface area contributed by atoms with E-state index in [1.54, 1.807) is 0 Å². The van der Waals surface area contributed by atoms with Gasteiger partial charge in [0.05, 0.1) is 11.9 Å². The number of oxime groups is 1. The summed E-state index contributed by atoms with van der Waals surface area (Å²) in [5.74, 6) is 0.909. The molecule has 5 nitrogen and oxygen atoms in total.